The third kappa shape index (κ3) is 3.21. The van der Waals surface area contributed by atoms with Gasteiger partial charge in [0.05, 0.1) is 16.0 Å². The summed E-state index contributed by atoms with van der Waals surface area (Å²) in [4.78, 5) is 18.2. The molecule has 1 aliphatic heterocycles. The van der Waals surface area contributed by atoms with E-state index in [1.165, 1.54) is 0 Å². The number of nitrogens with one attached hydrogen (secondary N) is 1. The smallest absolute Gasteiger partial charge is 0.317 e. The van der Waals surface area contributed by atoms with E-state index >= 15 is 0 Å². The number of benzene rings is 1. The Kier molecular flexibility index (Phi) is 4.45. The number of amides is 2. The predicted molar refractivity (Wildman–Crippen MR) is 93.4 cm³/mol. The average molecular weight is 347 g/mol. The molecule has 0 saturated carbocycles. The van der Waals surface area contributed by atoms with Crippen molar-refractivity contribution >= 4 is 26.8 Å². The van der Waals surface area contributed by atoms with Crippen LogP contribution >= 0.6 is 0 Å². The van der Waals surface area contributed by atoms with E-state index in [1.54, 1.807) is 24.9 Å². The number of aromatic nitrogens is 1. The number of fused-ring (bicyclic) bond motifs is 1. The molecule has 0 spiro atoms. The monoisotopic (exact) mass is 347 g/mol. The van der Waals surface area contributed by atoms with Gasteiger partial charge in [0.1, 0.15) is 0 Å². The van der Waals surface area contributed by atoms with Crippen LogP contribution in [0.3, 0.4) is 0 Å². The van der Waals surface area contributed by atoms with E-state index < -0.39 is 20.3 Å². The molecular formula is C17H21N3O3S. The van der Waals surface area contributed by atoms with Crippen molar-refractivity contribution in [2.45, 2.75) is 30.9 Å². The molecule has 7 heteroatoms. The van der Waals surface area contributed by atoms with Crippen molar-refractivity contribution in [3.63, 3.8) is 0 Å². The molecule has 1 aromatic carbocycles. The number of nitrogens with zero attached hydrogens (tertiary/aromatic N) is 2. The lowest BCUT2D eigenvalue weighted by Gasteiger charge is -2.34. The molecule has 6 nitrogen and oxygen atoms in total. The summed E-state index contributed by atoms with van der Waals surface area (Å²) >= 11 is 0. The number of carbonyl (C=O) groups excluding carboxylic acids is 1. The van der Waals surface area contributed by atoms with Crippen molar-refractivity contribution < 1.29 is 13.2 Å². The molecule has 0 aliphatic carbocycles. The van der Waals surface area contributed by atoms with Crippen molar-refractivity contribution in [2.75, 3.05) is 13.1 Å². The second kappa shape index (κ2) is 6.39. The summed E-state index contributed by atoms with van der Waals surface area (Å²) in [5.41, 5.74) is 1.89. The van der Waals surface area contributed by atoms with E-state index in [0.717, 1.165) is 16.5 Å². The van der Waals surface area contributed by atoms with E-state index in [2.05, 4.69) is 10.3 Å². The molecule has 3 rings (SSSR count). The summed E-state index contributed by atoms with van der Waals surface area (Å²) in [7, 11) is -3.13. The van der Waals surface area contributed by atoms with E-state index in [1.807, 2.05) is 30.3 Å². The maximum atomic E-state index is 12.3. The van der Waals surface area contributed by atoms with Gasteiger partial charge in [0.2, 0.25) is 0 Å². The zero-order chi connectivity index (χ0) is 17.3. The first-order chi connectivity index (χ1) is 11.4. The van der Waals surface area contributed by atoms with Crippen LogP contribution in [0.2, 0.25) is 0 Å². The molecule has 2 aromatic rings. The molecule has 0 bridgehead atoms. The number of carbonyl (C=O) groups is 1. The summed E-state index contributed by atoms with van der Waals surface area (Å²) in [6.07, 6.45) is 1.75. The fourth-order valence-electron chi connectivity index (χ4n) is 2.99. The number of pyridine rings is 1. The number of urea groups is 1. The zero-order valence-electron chi connectivity index (χ0n) is 13.8. The van der Waals surface area contributed by atoms with Crippen LogP contribution in [-0.2, 0) is 16.4 Å². The van der Waals surface area contributed by atoms with Gasteiger partial charge in [-0.3, -0.25) is 4.98 Å². The number of hydrogen-bond donors (Lipinski definition) is 1. The van der Waals surface area contributed by atoms with Crippen LogP contribution < -0.4 is 5.32 Å². The summed E-state index contributed by atoms with van der Waals surface area (Å²) in [5.74, 6) is 0. The minimum Gasteiger partial charge on any atom is -0.334 e. The van der Waals surface area contributed by atoms with Crippen LogP contribution in [0.25, 0.3) is 10.9 Å². The first kappa shape index (κ1) is 16.7. The van der Waals surface area contributed by atoms with Crippen molar-refractivity contribution in [1.29, 1.82) is 0 Å². The Morgan fingerprint density at radius 3 is 2.67 bits per heavy atom. The van der Waals surface area contributed by atoms with Gasteiger partial charge in [0, 0.05) is 31.2 Å². The molecule has 128 valence electrons. The Morgan fingerprint density at radius 2 is 1.96 bits per heavy atom. The summed E-state index contributed by atoms with van der Waals surface area (Å²) in [6, 6.07) is 9.48. The number of sulfone groups is 1. The van der Waals surface area contributed by atoms with Gasteiger partial charge >= 0.3 is 6.03 Å². The largest absolute Gasteiger partial charge is 0.334 e. The van der Waals surface area contributed by atoms with Crippen molar-refractivity contribution in [3.8, 4) is 0 Å². The molecule has 2 heterocycles. The SMILES string of the molecule is CC1CN(C(=O)NCc2ccc3ncccc3c2)CC(C)S1(=O)=O. The van der Waals surface area contributed by atoms with Gasteiger partial charge in [-0.1, -0.05) is 12.1 Å². The Morgan fingerprint density at radius 1 is 1.25 bits per heavy atom. The average Bonchev–Trinajstić information content (AvgIpc) is 2.57. The van der Waals surface area contributed by atoms with Gasteiger partial charge in [-0.2, -0.15) is 0 Å². The van der Waals surface area contributed by atoms with E-state index in [0.29, 0.717) is 6.54 Å². The van der Waals surface area contributed by atoms with Crippen LogP contribution in [0.4, 0.5) is 4.79 Å². The van der Waals surface area contributed by atoms with Gasteiger partial charge in [0.15, 0.2) is 9.84 Å². The van der Waals surface area contributed by atoms with E-state index in [-0.39, 0.29) is 19.1 Å². The zero-order valence-corrected chi connectivity index (χ0v) is 14.6. The summed E-state index contributed by atoms with van der Waals surface area (Å²) < 4.78 is 24.0. The second-order valence-electron chi connectivity index (χ2n) is 6.30. The molecule has 2 atom stereocenters. The highest BCUT2D eigenvalue weighted by molar-refractivity contribution is 7.92. The molecule has 1 N–H and O–H groups in total. The third-order valence-electron chi connectivity index (χ3n) is 4.48. The lowest BCUT2D eigenvalue weighted by molar-refractivity contribution is 0.195. The fourth-order valence-corrected chi connectivity index (χ4v) is 4.56. The minimum atomic E-state index is -3.13. The minimum absolute atomic E-state index is 0.227. The first-order valence-electron chi connectivity index (χ1n) is 7.97. The summed E-state index contributed by atoms with van der Waals surface area (Å²) in [5, 5.41) is 2.84. The normalized spacial score (nSPS) is 23.2. The van der Waals surface area contributed by atoms with Crippen molar-refractivity contribution in [2.24, 2.45) is 0 Å². The Labute approximate surface area is 141 Å². The molecule has 1 saturated heterocycles. The van der Waals surface area contributed by atoms with Crippen LogP contribution in [-0.4, -0.2) is 47.9 Å². The van der Waals surface area contributed by atoms with Gasteiger partial charge in [-0.15, -0.1) is 0 Å². The predicted octanol–water partition coefficient (Wildman–Crippen LogP) is 1.95. The molecule has 1 aromatic heterocycles. The summed E-state index contributed by atoms with van der Waals surface area (Å²) in [6.45, 7) is 4.18. The number of hydrogen-bond acceptors (Lipinski definition) is 4. The lowest BCUT2D eigenvalue weighted by atomic mass is 10.1. The highest BCUT2D eigenvalue weighted by Gasteiger charge is 2.37. The van der Waals surface area contributed by atoms with Crippen molar-refractivity contribution in [3.05, 3.63) is 42.1 Å². The topological polar surface area (TPSA) is 79.4 Å². The third-order valence-corrected chi connectivity index (χ3v) is 7.02. The highest BCUT2D eigenvalue weighted by atomic mass is 32.2. The molecule has 1 aliphatic rings. The van der Waals surface area contributed by atoms with Gasteiger partial charge in [0.25, 0.3) is 0 Å². The van der Waals surface area contributed by atoms with Crippen LogP contribution in [0.1, 0.15) is 19.4 Å². The highest BCUT2D eigenvalue weighted by Crippen LogP contribution is 2.19. The first-order valence-corrected chi connectivity index (χ1v) is 9.58. The van der Waals surface area contributed by atoms with Gasteiger partial charge < -0.3 is 10.2 Å². The second-order valence-corrected chi connectivity index (χ2v) is 9.09. The van der Waals surface area contributed by atoms with Crippen molar-refractivity contribution in [1.82, 2.24) is 15.2 Å². The quantitative estimate of drug-likeness (QED) is 0.900. The van der Waals surface area contributed by atoms with Gasteiger partial charge in [-0.25, -0.2) is 13.2 Å². The Bertz CT molecular complexity index is 848. The van der Waals surface area contributed by atoms with Crippen LogP contribution in [0.15, 0.2) is 36.5 Å². The maximum absolute atomic E-state index is 12.3. The molecule has 2 amide bonds. The molecule has 1 fully saturated rings. The number of rotatable bonds is 2. The molecule has 24 heavy (non-hydrogen) atoms. The van der Waals surface area contributed by atoms with E-state index in [4.69, 9.17) is 0 Å². The van der Waals surface area contributed by atoms with Gasteiger partial charge in [-0.05, 0) is 37.6 Å². The van der Waals surface area contributed by atoms with Crippen LogP contribution in [0, 0.1) is 0 Å². The molecule has 0 radical (unpaired) electrons. The standard InChI is InChI=1S/C17H21N3O3S/c1-12-10-20(11-13(2)24(12,22)23)17(21)19-9-14-5-6-16-15(8-14)4-3-7-18-16/h3-8,12-13H,9-11H2,1-2H3,(H,19,21). The van der Waals surface area contributed by atoms with E-state index in [9.17, 15) is 13.2 Å². The molecular weight excluding hydrogens is 326 g/mol. The fraction of sp³-hybridized carbons (Fsp3) is 0.412. The molecule has 2 unspecified atom stereocenters. The maximum Gasteiger partial charge on any atom is 0.317 e. The Hall–Kier alpha value is -2.15. The lowest BCUT2D eigenvalue weighted by Crippen LogP contribution is -2.54. The Balaban J connectivity index is 1.64. The van der Waals surface area contributed by atoms with Crippen LogP contribution in [0.5, 0.6) is 0 Å².